The lowest BCUT2D eigenvalue weighted by atomic mass is 10.1. The van der Waals surface area contributed by atoms with Crippen molar-refractivity contribution >= 4 is 21.9 Å². The lowest BCUT2D eigenvalue weighted by Crippen LogP contribution is -2.09. The molecular weight excluding hydrogens is 452 g/mol. The average Bonchev–Trinajstić information content (AvgIpc) is 2.82. The summed E-state index contributed by atoms with van der Waals surface area (Å²) in [6, 6.07) is 32.9. The Morgan fingerprint density at radius 3 is 2.10 bits per heavy atom. The van der Waals surface area contributed by atoms with Crippen LogP contribution in [0.3, 0.4) is 0 Å². The number of rotatable bonds is 7. The number of benzene rings is 4. The van der Waals surface area contributed by atoms with E-state index in [9.17, 15) is 4.79 Å². The Kier molecular flexibility index (Phi) is 6.80. The first-order chi connectivity index (χ1) is 15.2. The van der Waals surface area contributed by atoms with E-state index in [0.29, 0.717) is 17.9 Å². The molecule has 0 aromatic heterocycles. The van der Waals surface area contributed by atoms with Crippen molar-refractivity contribution in [3.63, 3.8) is 0 Å². The molecule has 4 heteroatoms. The van der Waals surface area contributed by atoms with Crippen molar-refractivity contribution < 1.29 is 14.3 Å². The molecule has 0 saturated carbocycles. The van der Waals surface area contributed by atoms with Crippen LogP contribution in [0.5, 0.6) is 11.5 Å². The van der Waals surface area contributed by atoms with E-state index in [0.717, 1.165) is 27.8 Å². The zero-order valence-corrected chi connectivity index (χ0v) is 18.4. The Balaban J connectivity index is 1.35. The predicted molar refractivity (Wildman–Crippen MR) is 127 cm³/mol. The summed E-state index contributed by atoms with van der Waals surface area (Å²) in [6.45, 7) is 0.578. The van der Waals surface area contributed by atoms with Crippen molar-refractivity contribution in [1.82, 2.24) is 0 Å². The zero-order chi connectivity index (χ0) is 21.5. The van der Waals surface area contributed by atoms with E-state index in [1.165, 1.54) is 5.56 Å². The molecule has 0 fully saturated rings. The number of carbonyl (C=O) groups is 1. The maximum absolute atomic E-state index is 12.5. The molecule has 0 saturated heterocycles. The van der Waals surface area contributed by atoms with Crippen molar-refractivity contribution in [2.24, 2.45) is 0 Å². The Morgan fingerprint density at radius 1 is 0.742 bits per heavy atom. The number of hydrogen-bond acceptors (Lipinski definition) is 3. The summed E-state index contributed by atoms with van der Waals surface area (Å²) in [5.74, 6) is 0.790. The van der Waals surface area contributed by atoms with Gasteiger partial charge in [-0.3, -0.25) is 0 Å². The number of carbonyl (C=O) groups excluding carboxylic acids is 1. The molecule has 154 valence electrons. The van der Waals surface area contributed by atoms with Crippen LogP contribution < -0.4 is 9.47 Å². The van der Waals surface area contributed by atoms with Crippen LogP contribution in [0.2, 0.25) is 0 Å². The van der Waals surface area contributed by atoms with Crippen LogP contribution in [-0.2, 0) is 6.42 Å². The van der Waals surface area contributed by atoms with Gasteiger partial charge in [0.25, 0.3) is 0 Å². The highest BCUT2D eigenvalue weighted by Gasteiger charge is 2.12. The summed E-state index contributed by atoms with van der Waals surface area (Å²) in [6.07, 6.45) is 0.831. The minimum Gasteiger partial charge on any atom is -0.493 e. The first-order valence-corrected chi connectivity index (χ1v) is 10.8. The van der Waals surface area contributed by atoms with Gasteiger partial charge >= 0.3 is 5.97 Å². The summed E-state index contributed by atoms with van der Waals surface area (Å²) >= 11 is 3.51. The van der Waals surface area contributed by atoms with Gasteiger partial charge in [-0.05, 0) is 69.0 Å². The molecule has 4 aromatic rings. The first kappa shape index (κ1) is 20.9. The Hall–Kier alpha value is -3.37. The van der Waals surface area contributed by atoms with E-state index >= 15 is 0 Å². The third-order valence-corrected chi connectivity index (χ3v) is 5.45. The highest BCUT2D eigenvalue weighted by molar-refractivity contribution is 9.10. The Bertz CT molecular complexity index is 1140. The first-order valence-electron chi connectivity index (χ1n) is 10.0. The van der Waals surface area contributed by atoms with Gasteiger partial charge in [0.15, 0.2) is 0 Å². The molecule has 0 radical (unpaired) electrons. The fourth-order valence-electron chi connectivity index (χ4n) is 3.17. The molecule has 0 atom stereocenters. The molecule has 31 heavy (non-hydrogen) atoms. The number of hydrogen-bond donors (Lipinski definition) is 0. The third-order valence-electron chi connectivity index (χ3n) is 4.83. The molecule has 0 bridgehead atoms. The maximum atomic E-state index is 12.5. The Labute approximate surface area is 190 Å². The van der Waals surface area contributed by atoms with E-state index in [-0.39, 0.29) is 0 Å². The van der Waals surface area contributed by atoms with E-state index < -0.39 is 5.97 Å². The van der Waals surface area contributed by atoms with Crippen molar-refractivity contribution in [2.45, 2.75) is 6.42 Å². The normalized spacial score (nSPS) is 10.5. The third kappa shape index (κ3) is 5.62. The molecule has 0 aliphatic rings. The van der Waals surface area contributed by atoms with Gasteiger partial charge in [-0.15, -0.1) is 0 Å². The van der Waals surface area contributed by atoms with Gasteiger partial charge in [-0.1, -0.05) is 66.7 Å². The molecule has 0 spiro atoms. The van der Waals surface area contributed by atoms with Crippen LogP contribution in [0.15, 0.2) is 108 Å². The zero-order valence-electron chi connectivity index (χ0n) is 16.8. The summed E-state index contributed by atoms with van der Waals surface area (Å²) in [7, 11) is 0. The fourth-order valence-corrected chi connectivity index (χ4v) is 3.63. The highest BCUT2D eigenvalue weighted by atomic mass is 79.9. The molecule has 4 rings (SSSR count). The van der Waals surface area contributed by atoms with Gasteiger partial charge in [0.05, 0.1) is 16.6 Å². The minimum atomic E-state index is -0.413. The molecule has 0 aliphatic carbocycles. The summed E-state index contributed by atoms with van der Waals surface area (Å²) in [5.41, 5.74) is 3.84. The topological polar surface area (TPSA) is 35.5 Å². The molecule has 0 aliphatic heterocycles. The second-order valence-electron chi connectivity index (χ2n) is 7.01. The monoisotopic (exact) mass is 472 g/mol. The van der Waals surface area contributed by atoms with Crippen LogP contribution in [0, 0.1) is 0 Å². The van der Waals surface area contributed by atoms with Gasteiger partial charge in [0.1, 0.15) is 11.5 Å². The molecule has 0 amide bonds. The van der Waals surface area contributed by atoms with E-state index in [4.69, 9.17) is 9.47 Å². The smallest absolute Gasteiger partial charge is 0.343 e. The SMILES string of the molecule is O=C(Oc1ccc(-c2ccccc2)cc1Br)c1ccc(OCCc2ccccc2)cc1. The van der Waals surface area contributed by atoms with Crippen LogP contribution >= 0.6 is 15.9 Å². The van der Waals surface area contributed by atoms with E-state index in [2.05, 4.69) is 28.1 Å². The second-order valence-corrected chi connectivity index (χ2v) is 7.86. The van der Waals surface area contributed by atoms with Gasteiger partial charge in [-0.25, -0.2) is 4.79 Å². The molecule has 0 N–H and O–H groups in total. The van der Waals surface area contributed by atoms with E-state index in [1.807, 2.05) is 60.7 Å². The summed E-state index contributed by atoms with van der Waals surface area (Å²) in [5, 5.41) is 0. The van der Waals surface area contributed by atoms with Crippen LogP contribution in [0.4, 0.5) is 0 Å². The van der Waals surface area contributed by atoms with Crippen LogP contribution in [0.25, 0.3) is 11.1 Å². The lowest BCUT2D eigenvalue weighted by Gasteiger charge is -2.10. The van der Waals surface area contributed by atoms with Crippen molar-refractivity contribution in [3.05, 3.63) is 119 Å². The van der Waals surface area contributed by atoms with Crippen LogP contribution in [0.1, 0.15) is 15.9 Å². The molecular formula is C27H21BrO3. The average molecular weight is 473 g/mol. The van der Waals surface area contributed by atoms with Gasteiger partial charge in [0.2, 0.25) is 0 Å². The van der Waals surface area contributed by atoms with Crippen LogP contribution in [-0.4, -0.2) is 12.6 Å². The van der Waals surface area contributed by atoms with Crippen molar-refractivity contribution in [1.29, 1.82) is 0 Å². The summed E-state index contributed by atoms with van der Waals surface area (Å²) < 4.78 is 12.1. The number of ether oxygens (including phenoxy) is 2. The number of halogens is 1. The lowest BCUT2D eigenvalue weighted by molar-refractivity contribution is 0.0733. The van der Waals surface area contributed by atoms with Gasteiger partial charge in [-0.2, -0.15) is 0 Å². The molecule has 3 nitrogen and oxygen atoms in total. The fraction of sp³-hybridized carbons (Fsp3) is 0.0741. The van der Waals surface area contributed by atoms with Crippen molar-refractivity contribution in [3.8, 4) is 22.6 Å². The predicted octanol–water partition coefficient (Wildman–Crippen LogP) is 6.96. The maximum Gasteiger partial charge on any atom is 0.343 e. The second kappa shape index (κ2) is 10.1. The standard InChI is InChI=1S/C27H21BrO3/c28-25-19-23(21-9-5-2-6-10-21)13-16-26(25)31-27(29)22-11-14-24(15-12-22)30-18-17-20-7-3-1-4-8-20/h1-16,19H,17-18H2. The molecule has 0 heterocycles. The molecule has 0 unspecified atom stereocenters. The largest absolute Gasteiger partial charge is 0.493 e. The highest BCUT2D eigenvalue weighted by Crippen LogP contribution is 2.31. The van der Waals surface area contributed by atoms with Gasteiger partial charge in [0, 0.05) is 6.42 Å². The minimum absolute atomic E-state index is 0.413. The molecule has 4 aromatic carbocycles. The van der Waals surface area contributed by atoms with Gasteiger partial charge < -0.3 is 9.47 Å². The number of esters is 1. The van der Waals surface area contributed by atoms with Crippen molar-refractivity contribution in [2.75, 3.05) is 6.61 Å². The summed E-state index contributed by atoms with van der Waals surface area (Å²) in [4.78, 5) is 12.5. The van der Waals surface area contributed by atoms with E-state index in [1.54, 1.807) is 30.3 Å². The Morgan fingerprint density at radius 2 is 1.42 bits per heavy atom. The quantitative estimate of drug-likeness (QED) is 0.215.